The number of carbonyl (C=O) groups excluding carboxylic acids is 1. The molecular formula is C29H30N10O4. The highest BCUT2D eigenvalue weighted by Crippen LogP contribution is 2.33. The van der Waals surface area contributed by atoms with Crippen LogP contribution in [0.25, 0.3) is 22.2 Å². The number of aromatic amines is 1. The minimum absolute atomic E-state index is 0.0130. The first-order valence-corrected chi connectivity index (χ1v) is 13.7. The largest absolute Gasteiger partial charge is 0.477 e. The summed E-state index contributed by atoms with van der Waals surface area (Å²) in [5, 5.41) is 20.7. The van der Waals surface area contributed by atoms with E-state index in [1.54, 1.807) is 10.9 Å². The van der Waals surface area contributed by atoms with Gasteiger partial charge in [-0.3, -0.25) is 14.4 Å². The van der Waals surface area contributed by atoms with Crippen LogP contribution >= 0.6 is 0 Å². The molecule has 0 unspecified atom stereocenters. The number of ether oxygens (including phenoxy) is 1. The van der Waals surface area contributed by atoms with Gasteiger partial charge >= 0.3 is 12.0 Å². The highest BCUT2D eigenvalue weighted by molar-refractivity contribution is 6.06. The summed E-state index contributed by atoms with van der Waals surface area (Å²) < 4.78 is 7.55. The Morgan fingerprint density at radius 3 is 2.84 bits per heavy atom. The summed E-state index contributed by atoms with van der Waals surface area (Å²) in [5.74, 6) is -0.212. The van der Waals surface area contributed by atoms with Gasteiger partial charge in [0, 0.05) is 61.4 Å². The summed E-state index contributed by atoms with van der Waals surface area (Å²) in [6.45, 7) is 5.24. The maximum atomic E-state index is 13.0. The molecular weight excluding hydrogens is 552 g/mol. The second-order valence-corrected chi connectivity index (χ2v) is 10.4. The number of aromatic nitrogens is 7. The van der Waals surface area contributed by atoms with Gasteiger partial charge in [-0.15, -0.1) is 0 Å². The van der Waals surface area contributed by atoms with Gasteiger partial charge in [0.1, 0.15) is 6.10 Å². The SMILES string of the molecule is Cc1cnc(Nc2cc(C)n(C)n2)nc1-c1c[nH]c2c(NC(=O)CN3CC[C@H](Oc4nccc(C(=O)O)n4)C3)cccc12. The number of amides is 1. The topological polar surface area (TPSA) is 176 Å². The minimum atomic E-state index is -1.15. The number of para-hydroxylation sites is 1. The van der Waals surface area contributed by atoms with Crippen molar-refractivity contribution in [3.05, 3.63) is 65.9 Å². The molecule has 0 saturated carbocycles. The zero-order valence-electron chi connectivity index (χ0n) is 23.8. The highest BCUT2D eigenvalue weighted by atomic mass is 16.5. The Hall–Kier alpha value is -5.37. The van der Waals surface area contributed by atoms with Gasteiger partial charge in [0.15, 0.2) is 11.5 Å². The predicted octanol–water partition coefficient (Wildman–Crippen LogP) is 3.30. The van der Waals surface area contributed by atoms with Crippen LogP contribution in [-0.4, -0.2) is 82.3 Å². The first-order chi connectivity index (χ1) is 20.7. The Bertz CT molecular complexity index is 1810. The number of rotatable bonds is 9. The van der Waals surface area contributed by atoms with E-state index in [4.69, 9.17) is 14.8 Å². The Morgan fingerprint density at radius 1 is 1.19 bits per heavy atom. The molecule has 0 bridgehead atoms. The van der Waals surface area contributed by atoms with Crippen LogP contribution in [0.2, 0.25) is 0 Å². The number of H-pyrrole nitrogens is 1. The van der Waals surface area contributed by atoms with Crippen LogP contribution in [0.15, 0.2) is 48.9 Å². The smallest absolute Gasteiger partial charge is 0.354 e. The molecule has 0 spiro atoms. The second kappa shape index (κ2) is 11.5. The lowest BCUT2D eigenvalue weighted by atomic mass is 10.1. The first-order valence-electron chi connectivity index (χ1n) is 13.7. The lowest BCUT2D eigenvalue weighted by molar-refractivity contribution is -0.117. The summed E-state index contributed by atoms with van der Waals surface area (Å²) in [6, 6.07) is 8.98. The average Bonchev–Trinajstić information content (AvgIpc) is 3.69. The molecule has 220 valence electrons. The molecule has 0 radical (unpaired) electrons. The lowest BCUT2D eigenvalue weighted by Gasteiger charge is -2.16. The van der Waals surface area contributed by atoms with E-state index in [9.17, 15) is 9.59 Å². The number of fused-ring (bicyclic) bond motifs is 1. The number of benzene rings is 1. The molecule has 1 saturated heterocycles. The van der Waals surface area contributed by atoms with Gasteiger partial charge in [-0.2, -0.15) is 10.1 Å². The highest BCUT2D eigenvalue weighted by Gasteiger charge is 2.27. The van der Waals surface area contributed by atoms with E-state index in [1.165, 1.54) is 12.3 Å². The van der Waals surface area contributed by atoms with Crippen LogP contribution < -0.4 is 15.4 Å². The van der Waals surface area contributed by atoms with Gasteiger partial charge in [0.05, 0.1) is 23.4 Å². The van der Waals surface area contributed by atoms with Crippen LogP contribution in [0.4, 0.5) is 17.5 Å². The standard InChI is InChI=1S/C29H30N10O4/c1-16-12-32-28(35-23-11-17(2)38(3)37-23)36-25(16)20-13-31-26-19(20)5-4-6-21(26)33-24(40)15-39-10-8-18(14-39)43-29-30-9-7-22(34-29)27(41)42/h4-7,9,11-13,18,31H,8,10,14-15H2,1-3H3,(H,33,40)(H,41,42)(H,32,35,36,37)/t18-/m0/s1. The van der Waals surface area contributed by atoms with Gasteiger partial charge in [-0.1, -0.05) is 12.1 Å². The monoisotopic (exact) mass is 582 g/mol. The molecule has 5 heterocycles. The molecule has 1 amide bonds. The van der Waals surface area contributed by atoms with Crippen molar-refractivity contribution < 1.29 is 19.4 Å². The predicted molar refractivity (Wildman–Crippen MR) is 158 cm³/mol. The third kappa shape index (κ3) is 5.99. The zero-order valence-corrected chi connectivity index (χ0v) is 23.8. The number of carboxylic acids is 1. The van der Waals surface area contributed by atoms with E-state index >= 15 is 0 Å². The fourth-order valence-electron chi connectivity index (χ4n) is 5.06. The van der Waals surface area contributed by atoms with Crippen molar-refractivity contribution in [3.8, 4) is 17.3 Å². The van der Waals surface area contributed by atoms with Crippen LogP contribution in [0.1, 0.15) is 28.2 Å². The zero-order chi connectivity index (χ0) is 30.1. The minimum Gasteiger partial charge on any atom is -0.477 e. The molecule has 1 atom stereocenters. The quantitative estimate of drug-likeness (QED) is 0.201. The molecule has 0 aliphatic carbocycles. The lowest BCUT2D eigenvalue weighted by Crippen LogP contribution is -2.33. The Morgan fingerprint density at radius 2 is 2.05 bits per heavy atom. The summed E-state index contributed by atoms with van der Waals surface area (Å²) in [7, 11) is 1.88. The van der Waals surface area contributed by atoms with Gasteiger partial charge in [-0.25, -0.2) is 19.7 Å². The molecule has 4 aromatic heterocycles. The van der Waals surface area contributed by atoms with Crippen molar-refractivity contribution in [1.82, 2.24) is 39.6 Å². The van der Waals surface area contributed by atoms with Crippen LogP contribution in [0.5, 0.6) is 6.01 Å². The van der Waals surface area contributed by atoms with Gasteiger partial charge in [0.25, 0.3) is 0 Å². The third-order valence-electron chi connectivity index (χ3n) is 7.29. The molecule has 5 aromatic rings. The number of carboxylic acid groups (broad SMARTS) is 1. The van der Waals surface area contributed by atoms with Crippen molar-refractivity contribution in [2.45, 2.75) is 26.4 Å². The Kier molecular flexibility index (Phi) is 7.42. The number of nitrogens with zero attached hydrogens (tertiary/aromatic N) is 7. The molecule has 1 aliphatic rings. The Balaban J connectivity index is 1.13. The van der Waals surface area contributed by atoms with E-state index in [1.807, 2.05) is 56.3 Å². The number of nitrogens with one attached hydrogen (secondary N) is 3. The van der Waals surface area contributed by atoms with Crippen molar-refractivity contribution in [1.29, 1.82) is 0 Å². The molecule has 14 heteroatoms. The number of aromatic carboxylic acids is 1. The summed E-state index contributed by atoms with van der Waals surface area (Å²) in [5.41, 5.74) is 4.89. The van der Waals surface area contributed by atoms with Crippen molar-refractivity contribution in [2.75, 3.05) is 30.3 Å². The van der Waals surface area contributed by atoms with E-state index in [-0.39, 0.29) is 30.3 Å². The van der Waals surface area contributed by atoms with Crippen molar-refractivity contribution in [2.24, 2.45) is 7.05 Å². The molecule has 4 N–H and O–H groups in total. The van der Waals surface area contributed by atoms with Crippen molar-refractivity contribution in [3.63, 3.8) is 0 Å². The summed E-state index contributed by atoms with van der Waals surface area (Å²) in [4.78, 5) is 46.6. The van der Waals surface area contributed by atoms with E-state index in [0.717, 1.165) is 33.4 Å². The Labute approximate surface area is 246 Å². The van der Waals surface area contributed by atoms with Crippen LogP contribution in [-0.2, 0) is 11.8 Å². The number of likely N-dealkylation sites (tertiary alicyclic amines) is 1. The first kappa shape index (κ1) is 27.8. The van der Waals surface area contributed by atoms with Gasteiger partial charge in [0.2, 0.25) is 11.9 Å². The van der Waals surface area contributed by atoms with Gasteiger partial charge in [-0.05, 0) is 38.0 Å². The maximum absolute atomic E-state index is 13.0. The van der Waals surface area contributed by atoms with E-state index in [2.05, 4.69) is 35.7 Å². The van der Waals surface area contributed by atoms with E-state index < -0.39 is 5.97 Å². The number of hydrogen-bond acceptors (Lipinski definition) is 10. The van der Waals surface area contributed by atoms with Crippen molar-refractivity contribution >= 4 is 40.2 Å². The molecule has 6 rings (SSSR count). The molecule has 1 fully saturated rings. The van der Waals surface area contributed by atoms with Crippen LogP contribution in [0, 0.1) is 13.8 Å². The average molecular weight is 583 g/mol. The summed E-state index contributed by atoms with van der Waals surface area (Å²) in [6.07, 6.45) is 5.42. The third-order valence-corrected chi connectivity index (χ3v) is 7.29. The summed E-state index contributed by atoms with van der Waals surface area (Å²) >= 11 is 0. The second-order valence-electron chi connectivity index (χ2n) is 10.4. The fourth-order valence-corrected chi connectivity index (χ4v) is 5.06. The normalized spacial score (nSPS) is 15.1. The number of hydrogen-bond donors (Lipinski definition) is 4. The maximum Gasteiger partial charge on any atom is 0.354 e. The molecule has 1 aromatic carbocycles. The molecule has 14 nitrogen and oxygen atoms in total. The van der Waals surface area contributed by atoms with Crippen LogP contribution in [0.3, 0.4) is 0 Å². The molecule has 1 aliphatic heterocycles. The van der Waals surface area contributed by atoms with E-state index in [0.29, 0.717) is 37.0 Å². The van der Waals surface area contributed by atoms with Gasteiger partial charge < -0.3 is 25.5 Å². The molecule has 43 heavy (non-hydrogen) atoms. The number of anilines is 3. The fraction of sp³-hybridized carbons (Fsp3) is 0.276. The number of carbonyl (C=O) groups is 2. The number of aryl methyl sites for hydroxylation is 3.